The van der Waals surface area contributed by atoms with Gasteiger partial charge in [-0.25, -0.2) is 9.97 Å². The summed E-state index contributed by atoms with van der Waals surface area (Å²) in [7, 11) is 3.37. The Morgan fingerprint density at radius 2 is 2.11 bits per heavy atom. The zero-order valence-corrected chi connectivity index (χ0v) is 12.2. The third-order valence-corrected chi connectivity index (χ3v) is 3.02. The lowest BCUT2D eigenvalue weighted by Gasteiger charge is -2.28. The van der Waals surface area contributed by atoms with Crippen molar-refractivity contribution in [1.82, 2.24) is 9.97 Å². The van der Waals surface area contributed by atoms with Crippen molar-refractivity contribution in [2.24, 2.45) is 5.73 Å². The predicted molar refractivity (Wildman–Crippen MR) is 75.2 cm³/mol. The second kappa shape index (κ2) is 8.04. The molecule has 0 saturated heterocycles. The molecular weight excluding hydrogens is 244 g/mol. The summed E-state index contributed by atoms with van der Waals surface area (Å²) in [5.74, 6) is 0.691. The molecule has 0 bridgehead atoms. The zero-order chi connectivity index (χ0) is 14.3. The number of nitrogens with zero attached hydrogens (tertiary/aromatic N) is 3. The Kier molecular flexibility index (Phi) is 6.69. The second-order valence-corrected chi connectivity index (χ2v) is 4.48. The van der Waals surface area contributed by atoms with Crippen LogP contribution in [0.2, 0.25) is 0 Å². The van der Waals surface area contributed by atoms with Gasteiger partial charge in [0.1, 0.15) is 0 Å². The fourth-order valence-corrected chi connectivity index (χ4v) is 1.86. The first-order valence-corrected chi connectivity index (χ1v) is 6.41. The van der Waals surface area contributed by atoms with E-state index in [1.165, 1.54) is 0 Å². The number of methoxy groups -OCH3 is 2. The summed E-state index contributed by atoms with van der Waals surface area (Å²) < 4.78 is 10.3. The van der Waals surface area contributed by atoms with E-state index in [0.29, 0.717) is 25.7 Å². The van der Waals surface area contributed by atoms with Crippen molar-refractivity contribution in [3.8, 4) is 0 Å². The molecule has 6 heteroatoms. The van der Waals surface area contributed by atoms with Crippen molar-refractivity contribution < 1.29 is 9.47 Å². The smallest absolute Gasteiger partial charge is 0.225 e. The lowest BCUT2D eigenvalue weighted by molar-refractivity contribution is 0.170. The number of hydrogen-bond acceptors (Lipinski definition) is 6. The molecule has 0 fully saturated rings. The molecule has 0 aliphatic rings. The van der Waals surface area contributed by atoms with Crippen LogP contribution in [-0.2, 0) is 16.0 Å². The van der Waals surface area contributed by atoms with Crippen LogP contribution in [0.1, 0.15) is 18.2 Å². The van der Waals surface area contributed by atoms with Gasteiger partial charge in [0.25, 0.3) is 0 Å². The van der Waals surface area contributed by atoms with Crippen molar-refractivity contribution in [2.45, 2.75) is 26.4 Å². The number of anilines is 1. The van der Waals surface area contributed by atoms with E-state index in [4.69, 9.17) is 15.2 Å². The Balaban J connectivity index is 2.92. The van der Waals surface area contributed by atoms with Crippen molar-refractivity contribution in [2.75, 3.05) is 38.9 Å². The van der Waals surface area contributed by atoms with E-state index in [0.717, 1.165) is 17.8 Å². The van der Waals surface area contributed by atoms with Crippen LogP contribution in [0.4, 0.5) is 5.95 Å². The first kappa shape index (κ1) is 15.8. The largest absolute Gasteiger partial charge is 0.383 e. The molecule has 1 unspecified atom stereocenters. The van der Waals surface area contributed by atoms with Gasteiger partial charge in [-0.2, -0.15) is 0 Å². The molecule has 0 aliphatic heterocycles. The molecule has 1 rings (SSSR count). The third kappa shape index (κ3) is 4.41. The van der Waals surface area contributed by atoms with Crippen LogP contribution in [0.5, 0.6) is 0 Å². The zero-order valence-electron chi connectivity index (χ0n) is 12.2. The van der Waals surface area contributed by atoms with Gasteiger partial charge in [0, 0.05) is 44.8 Å². The minimum absolute atomic E-state index is 0.184. The van der Waals surface area contributed by atoms with Crippen LogP contribution >= 0.6 is 0 Å². The predicted octanol–water partition coefficient (Wildman–Crippen LogP) is 0.731. The van der Waals surface area contributed by atoms with Gasteiger partial charge in [-0.05, 0) is 13.8 Å². The van der Waals surface area contributed by atoms with Gasteiger partial charge < -0.3 is 20.1 Å². The lowest BCUT2D eigenvalue weighted by Crippen LogP contribution is -2.40. The molecule has 1 heterocycles. The van der Waals surface area contributed by atoms with E-state index in [9.17, 15) is 0 Å². The summed E-state index contributed by atoms with van der Waals surface area (Å²) in [6.07, 6.45) is 1.79. The van der Waals surface area contributed by atoms with Gasteiger partial charge in [0.05, 0.1) is 19.3 Å². The topological polar surface area (TPSA) is 73.5 Å². The standard InChI is InChI=1S/C13H24N4O2/c1-10(9-19-4)17(5-6-18-3)13-15-8-12(7-14)11(2)16-13/h8,10H,5-7,9,14H2,1-4H3. The minimum atomic E-state index is 0.184. The lowest BCUT2D eigenvalue weighted by atomic mass is 10.2. The Labute approximate surface area is 114 Å². The number of aryl methyl sites for hydroxylation is 1. The number of nitrogens with two attached hydrogens (primary N) is 1. The normalized spacial score (nSPS) is 12.5. The highest BCUT2D eigenvalue weighted by Crippen LogP contribution is 2.14. The molecule has 2 N–H and O–H groups in total. The molecule has 19 heavy (non-hydrogen) atoms. The summed E-state index contributed by atoms with van der Waals surface area (Å²) in [6, 6.07) is 0.184. The van der Waals surface area contributed by atoms with E-state index < -0.39 is 0 Å². The van der Waals surface area contributed by atoms with Crippen LogP contribution in [0.25, 0.3) is 0 Å². The molecule has 1 aromatic rings. The van der Waals surface area contributed by atoms with E-state index in [1.807, 2.05) is 6.92 Å². The molecule has 1 atom stereocenters. The quantitative estimate of drug-likeness (QED) is 0.749. The molecule has 0 aromatic carbocycles. The number of ether oxygens (including phenoxy) is 2. The van der Waals surface area contributed by atoms with Crippen LogP contribution in [0, 0.1) is 6.92 Å². The number of hydrogen-bond donors (Lipinski definition) is 1. The molecular formula is C13H24N4O2. The molecule has 0 saturated carbocycles. The maximum Gasteiger partial charge on any atom is 0.225 e. The van der Waals surface area contributed by atoms with Gasteiger partial charge in [0.15, 0.2) is 0 Å². The molecule has 0 spiro atoms. The summed E-state index contributed by atoms with van der Waals surface area (Å²) in [5.41, 5.74) is 7.51. The van der Waals surface area contributed by atoms with E-state index in [1.54, 1.807) is 20.4 Å². The highest BCUT2D eigenvalue weighted by molar-refractivity contribution is 5.34. The van der Waals surface area contributed by atoms with Crippen LogP contribution in [-0.4, -0.2) is 50.0 Å². The summed E-state index contributed by atoms with van der Waals surface area (Å²) in [6.45, 7) is 6.44. The number of aromatic nitrogens is 2. The highest BCUT2D eigenvalue weighted by Gasteiger charge is 2.17. The third-order valence-electron chi connectivity index (χ3n) is 3.02. The fourth-order valence-electron chi connectivity index (χ4n) is 1.86. The second-order valence-electron chi connectivity index (χ2n) is 4.48. The van der Waals surface area contributed by atoms with Gasteiger partial charge in [-0.1, -0.05) is 0 Å². The first-order chi connectivity index (χ1) is 9.13. The van der Waals surface area contributed by atoms with Gasteiger partial charge >= 0.3 is 0 Å². The van der Waals surface area contributed by atoms with E-state index >= 15 is 0 Å². The van der Waals surface area contributed by atoms with Crippen molar-refractivity contribution >= 4 is 5.95 Å². The monoisotopic (exact) mass is 268 g/mol. The molecule has 1 aromatic heterocycles. The molecule has 6 nitrogen and oxygen atoms in total. The molecule has 0 radical (unpaired) electrons. The van der Waals surface area contributed by atoms with Crippen LogP contribution in [0.15, 0.2) is 6.20 Å². The maximum atomic E-state index is 5.63. The van der Waals surface area contributed by atoms with Crippen molar-refractivity contribution in [1.29, 1.82) is 0 Å². The van der Waals surface area contributed by atoms with Crippen LogP contribution in [0.3, 0.4) is 0 Å². The summed E-state index contributed by atoms with van der Waals surface area (Å²) in [5, 5.41) is 0. The summed E-state index contributed by atoms with van der Waals surface area (Å²) in [4.78, 5) is 11.0. The molecule has 0 aliphatic carbocycles. The first-order valence-electron chi connectivity index (χ1n) is 6.41. The Morgan fingerprint density at radius 3 is 2.63 bits per heavy atom. The van der Waals surface area contributed by atoms with E-state index in [2.05, 4.69) is 21.8 Å². The van der Waals surface area contributed by atoms with Crippen molar-refractivity contribution in [3.63, 3.8) is 0 Å². The fraction of sp³-hybridized carbons (Fsp3) is 0.692. The van der Waals surface area contributed by atoms with Gasteiger partial charge in [-0.15, -0.1) is 0 Å². The Hall–Kier alpha value is -1.24. The van der Waals surface area contributed by atoms with Gasteiger partial charge in [0.2, 0.25) is 5.95 Å². The number of rotatable bonds is 8. The van der Waals surface area contributed by atoms with E-state index in [-0.39, 0.29) is 6.04 Å². The Bertz CT molecular complexity index is 387. The highest BCUT2D eigenvalue weighted by atomic mass is 16.5. The minimum Gasteiger partial charge on any atom is -0.383 e. The average molecular weight is 268 g/mol. The Morgan fingerprint density at radius 1 is 1.37 bits per heavy atom. The molecule has 0 amide bonds. The molecule has 108 valence electrons. The van der Waals surface area contributed by atoms with Crippen molar-refractivity contribution in [3.05, 3.63) is 17.5 Å². The SMILES string of the molecule is COCCN(c1ncc(CN)c(C)n1)C(C)COC. The maximum absolute atomic E-state index is 5.63. The van der Waals surface area contributed by atoms with Gasteiger partial charge in [-0.3, -0.25) is 0 Å². The average Bonchev–Trinajstić information content (AvgIpc) is 2.39. The van der Waals surface area contributed by atoms with Crippen LogP contribution < -0.4 is 10.6 Å². The summed E-state index contributed by atoms with van der Waals surface area (Å²) >= 11 is 0.